The fourth-order valence-corrected chi connectivity index (χ4v) is 2.06. The first kappa shape index (κ1) is 15.0. The summed E-state index contributed by atoms with van der Waals surface area (Å²) in [6, 6.07) is 11.7. The number of pyridine rings is 1. The van der Waals surface area contributed by atoms with Gasteiger partial charge in [0.2, 0.25) is 5.91 Å². The maximum Gasteiger partial charge on any atom is 0.223 e. The van der Waals surface area contributed by atoms with E-state index in [-0.39, 0.29) is 5.91 Å². The molecule has 0 fully saturated rings. The lowest BCUT2D eigenvalue weighted by molar-refractivity contribution is -0.121. The molecule has 4 nitrogen and oxygen atoms in total. The third kappa shape index (κ3) is 5.26. The summed E-state index contributed by atoms with van der Waals surface area (Å²) in [5.41, 5.74) is 3.16. The number of ether oxygens (including phenoxy) is 1. The summed E-state index contributed by atoms with van der Waals surface area (Å²) in [6.45, 7) is 4.87. The first-order valence-corrected chi connectivity index (χ1v) is 7.01. The summed E-state index contributed by atoms with van der Waals surface area (Å²) in [5, 5.41) is 2.83. The van der Waals surface area contributed by atoms with E-state index in [0.29, 0.717) is 19.6 Å². The monoisotopic (exact) mass is 284 g/mol. The number of aromatic nitrogens is 1. The van der Waals surface area contributed by atoms with E-state index in [1.807, 2.05) is 44.2 Å². The van der Waals surface area contributed by atoms with Gasteiger partial charge in [-0.1, -0.05) is 12.1 Å². The van der Waals surface area contributed by atoms with Crippen LogP contribution < -0.4 is 10.1 Å². The fraction of sp³-hybridized carbons (Fsp3) is 0.294. The van der Waals surface area contributed by atoms with E-state index in [4.69, 9.17) is 4.74 Å². The number of carbonyl (C=O) groups is 1. The summed E-state index contributed by atoms with van der Waals surface area (Å²) >= 11 is 0. The van der Waals surface area contributed by atoms with Crippen molar-refractivity contribution in [2.75, 3.05) is 6.61 Å². The number of nitrogens with zero attached hydrogens (tertiary/aromatic N) is 1. The van der Waals surface area contributed by atoms with Crippen molar-refractivity contribution in [1.29, 1.82) is 0 Å². The molecule has 0 spiro atoms. The quantitative estimate of drug-likeness (QED) is 0.887. The smallest absolute Gasteiger partial charge is 0.223 e. The van der Waals surface area contributed by atoms with Gasteiger partial charge in [0, 0.05) is 6.20 Å². The number of carbonyl (C=O) groups excluding carboxylic acids is 1. The van der Waals surface area contributed by atoms with Crippen LogP contribution in [0, 0.1) is 13.8 Å². The third-order valence-electron chi connectivity index (χ3n) is 2.99. The molecule has 0 unspecified atom stereocenters. The van der Waals surface area contributed by atoms with Crippen LogP contribution >= 0.6 is 0 Å². The van der Waals surface area contributed by atoms with Gasteiger partial charge in [-0.25, -0.2) is 0 Å². The topological polar surface area (TPSA) is 51.2 Å². The molecule has 4 heteroatoms. The molecule has 0 atom stereocenters. The zero-order valence-electron chi connectivity index (χ0n) is 12.4. The summed E-state index contributed by atoms with van der Waals surface area (Å²) in [6.07, 6.45) is 2.05. The van der Waals surface area contributed by atoms with Crippen LogP contribution in [0.25, 0.3) is 0 Å². The van der Waals surface area contributed by atoms with Gasteiger partial charge in [-0.15, -0.1) is 0 Å². The molecule has 21 heavy (non-hydrogen) atoms. The lowest BCUT2D eigenvalue weighted by Gasteiger charge is -2.08. The Hall–Kier alpha value is -2.36. The molecule has 0 radical (unpaired) electrons. The average molecular weight is 284 g/mol. The standard InChI is InChI=1S/C17H20N2O2/c1-13-9-14(2)11-16(10-13)21-8-6-17(20)19-12-15-5-3-4-7-18-15/h3-5,7,9-11H,6,8,12H2,1-2H3,(H,19,20). The molecule has 2 aromatic rings. The zero-order valence-corrected chi connectivity index (χ0v) is 12.4. The highest BCUT2D eigenvalue weighted by atomic mass is 16.5. The van der Waals surface area contributed by atoms with Crippen molar-refractivity contribution < 1.29 is 9.53 Å². The summed E-state index contributed by atoms with van der Waals surface area (Å²) < 4.78 is 5.61. The average Bonchev–Trinajstić information content (AvgIpc) is 2.45. The van der Waals surface area contributed by atoms with Gasteiger partial charge in [-0.2, -0.15) is 0 Å². The number of amides is 1. The van der Waals surface area contributed by atoms with E-state index in [9.17, 15) is 4.79 Å². The highest BCUT2D eigenvalue weighted by molar-refractivity contribution is 5.75. The van der Waals surface area contributed by atoms with Crippen LogP contribution in [0.2, 0.25) is 0 Å². The summed E-state index contributed by atoms with van der Waals surface area (Å²) in [5.74, 6) is 0.773. The molecular formula is C17H20N2O2. The molecule has 0 aliphatic heterocycles. The Morgan fingerprint density at radius 3 is 2.62 bits per heavy atom. The SMILES string of the molecule is Cc1cc(C)cc(OCCC(=O)NCc2ccccn2)c1. The Bertz CT molecular complexity index is 577. The van der Waals surface area contributed by atoms with Crippen LogP contribution in [0.3, 0.4) is 0 Å². The van der Waals surface area contributed by atoms with E-state index in [2.05, 4.69) is 16.4 Å². The number of aryl methyl sites for hydroxylation is 2. The van der Waals surface area contributed by atoms with Crippen LogP contribution in [0.4, 0.5) is 0 Å². The van der Waals surface area contributed by atoms with Gasteiger partial charge in [0.05, 0.1) is 25.3 Å². The van der Waals surface area contributed by atoms with Crippen molar-refractivity contribution in [2.24, 2.45) is 0 Å². The van der Waals surface area contributed by atoms with Gasteiger partial charge in [-0.05, 0) is 49.2 Å². The summed E-state index contributed by atoms with van der Waals surface area (Å²) in [7, 11) is 0. The lowest BCUT2D eigenvalue weighted by atomic mass is 10.1. The fourth-order valence-electron chi connectivity index (χ4n) is 2.06. The molecule has 110 valence electrons. The van der Waals surface area contributed by atoms with Gasteiger partial charge in [-0.3, -0.25) is 9.78 Å². The minimum absolute atomic E-state index is 0.0370. The molecule has 2 rings (SSSR count). The number of hydrogen-bond acceptors (Lipinski definition) is 3. The predicted molar refractivity (Wildman–Crippen MR) is 82.1 cm³/mol. The van der Waals surface area contributed by atoms with Crippen molar-refractivity contribution in [3.8, 4) is 5.75 Å². The van der Waals surface area contributed by atoms with E-state index in [1.165, 1.54) is 0 Å². The maximum atomic E-state index is 11.7. The van der Waals surface area contributed by atoms with E-state index < -0.39 is 0 Å². The van der Waals surface area contributed by atoms with Gasteiger partial charge in [0.15, 0.2) is 0 Å². The zero-order chi connectivity index (χ0) is 15.1. The Morgan fingerprint density at radius 1 is 1.19 bits per heavy atom. The van der Waals surface area contributed by atoms with Crippen molar-refractivity contribution in [2.45, 2.75) is 26.8 Å². The maximum absolute atomic E-state index is 11.7. The number of benzene rings is 1. The first-order valence-electron chi connectivity index (χ1n) is 7.01. The van der Waals surface area contributed by atoms with Crippen LogP contribution in [-0.4, -0.2) is 17.5 Å². The molecule has 0 aliphatic carbocycles. The second kappa shape index (κ2) is 7.43. The van der Waals surface area contributed by atoms with E-state index in [0.717, 1.165) is 22.6 Å². The molecule has 0 aliphatic rings. The van der Waals surface area contributed by atoms with Crippen LogP contribution in [0.5, 0.6) is 5.75 Å². The van der Waals surface area contributed by atoms with Gasteiger partial charge < -0.3 is 10.1 Å². The predicted octanol–water partition coefficient (Wildman–Crippen LogP) is 2.78. The Labute approximate surface area is 125 Å². The molecule has 0 saturated carbocycles. The van der Waals surface area contributed by atoms with Crippen molar-refractivity contribution in [1.82, 2.24) is 10.3 Å². The second-order valence-corrected chi connectivity index (χ2v) is 5.02. The van der Waals surface area contributed by atoms with Crippen molar-refractivity contribution in [3.63, 3.8) is 0 Å². The molecule has 1 amide bonds. The minimum atomic E-state index is -0.0370. The lowest BCUT2D eigenvalue weighted by Crippen LogP contribution is -2.24. The second-order valence-electron chi connectivity index (χ2n) is 5.02. The van der Waals surface area contributed by atoms with Crippen LogP contribution in [-0.2, 0) is 11.3 Å². The number of hydrogen-bond donors (Lipinski definition) is 1. The molecule has 0 bridgehead atoms. The van der Waals surface area contributed by atoms with Crippen molar-refractivity contribution in [3.05, 3.63) is 59.4 Å². The van der Waals surface area contributed by atoms with Gasteiger partial charge in [0.1, 0.15) is 5.75 Å². The van der Waals surface area contributed by atoms with Gasteiger partial charge in [0.25, 0.3) is 0 Å². The van der Waals surface area contributed by atoms with E-state index in [1.54, 1.807) is 6.20 Å². The normalized spacial score (nSPS) is 10.2. The van der Waals surface area contributed by atoms with E-state index >= 15 is 0 Å². The highest BCUT2D eigenvalue weighted by Crippen LogP contribution is 2.16. The third-order valence-corrected chi connectivity index (χ3v) is 2.99. The van der Waals surface area contributed by atoms with Gasteiger partial charge >= 0.3 is 0 Å². The molecule has 1 aromatic carbocycles. The molecule has 1 N–H and O–H groups in total. The number of rotatable bonds is 6. The highest BCUT2D eigenvalue weighted by Gasteiger charge is 2.03. The largest absolute Gasteiger partial charge is 0.493 e. The molecule has 0 saturated heterocycles. The Kier molecular flexibility index (Phi) is 5.32. The van der Waals surface area contributed by atoms with Crippen molar-refractivity contribution >= 4 is 5.91 Å². The molecule has 1 heterocycles. The first-order chi connectivity index (χ1) is 10.1. The minimum Gasteiger partial charge on any atom is -0.493 e. The number of nitrogens with one attached hydrogen (secondary N) is 1. The Balaban J connectivity index is 1.72. The summed E-state index contributed by atoms with van der Waals surface area (Å²) in [4.78, 5) is 15.9. The molecular weight excluding hydrogens is 264 g/mol. The van der Waals surface area contributed by atoms with Crippen LogP contribution in [0.1, 0.15) is 23.2 Å². The van der Waals surface area contributed by atoms with Crippen LogP contribution in [0.15, 0.2) is 42.6 Å². The Morgan fingerprint density at radius 2 is 1.95 bits per heavy atom. The molecule has 1 aromatic heterocycles.